The van der Waals surface area contributed by atoms with E-state index >= 15 is 0 Å². The summed E-state index contributed by atoms with van der Waals surface area (Å²) in [5.41, 5.74) is 4.53. The molecule has 4 aromatic carbocycles. The van der Waals surface area contributed by atoms with E-state index < -0.39 is 0 Å². The van der Waals surface area contributed by atoms with Crippen LogP contribution in [-0.2, 0) is 0 Å². The summed E-state index contributed by atoms with van der Waals surface area (Å²) < 4.78 is 0. The minimum absolute atomic E-state index is 0.0358. The molecule has 36 heavy (non-hydrogen) atoms. The number of amides is 2. The number of carbonyl (C=O) groups is 1. The molecule has 1 N–H and O–H groups in total. The van der Waals surface area contributed by atoms with Crippen molar-refractivity contribution in [2.75, 3.05) is 26.2 Å². The first kappa shape index (κ1) is 24.1. The number of hydrogen-bond donors (Lipinski definition) is 1. The van der Waals surface area contributed by atoms with Gasteiger partial charge in [0.05, 0.1) is 12.1 Å². The zero-order valence-electron chi connectivity index (χ0n) is 20.1. The number of urea groups is 1. The number of halogens is 1. The number of nitrogens with zero attached hydrogens (tertiary/aromatic N) is 2. The van der Waals surface area contributed by atoms with Crippen LogP contribution < -0.4 is 5.32 Å². The lowest BCUT2D eigenvalue weighted by atomic mass is 9.96. The summed E-state index contributed by atoms with van der Waals surface area (Å²) in [6.45, 7) is 2.87. The van der Waals surface area contributed by atoms with Crippen molar-refractivity contribution in [3.8, 4) is 0 Å². The smallest absolute Gasteiger partial charge is 0.318 e. The second-order valence-electron chi connectivity index (χ2n) is 9.10. The number of piperazine rings is 1. The van der Waals surface area contributed by atoms with Crippen LogP contribution in [0.25, 0.3) is 0 Å². The van der Waals surface area contributed by atoms with Gasteiger partial charge in [0, 0.05) is 31.2 Å². The molecular formula is C31H30ClN3O. The van der Waals surface area contributed by atoms with Crippen LogP contribution in [-0.4, -0.2) is 42.0 Å². The van der Waals surface area contributed by atoms with Crippen molar-refractivity contribution in [3.63, 3.8) is 0 Å². The molecule has 0 aliphatic carbocycles. The SMILES string of the molecule is O=C(NC(c1ccccc1)c1ccccc1)N1CCN(C(c2ccccc2)c2cccc(Cl)c2)CC1. The molecule has 1 saturated heterocycles. The summed E-state index contributed by atoms with van der Waals surface area (Å²) in [4.78, 5) is 17.8. The lowest BCUT2D eigenvalue weighted by molar-refractivity contribution is 0.119. The summed E-state index contributed by atoms with van der Waals surface area (Å²) >= 11 is 6.35. The summed E-state index contributed by atoms with van der Waals surface area (Å²) in [7, 11) is 0. The van der Waals surface area contributed by atoms with Gasteiger partial charge >= 0.3 is 6.03 Å². The molecule has 5 heteroatoms. The van der Waals surface area contributed by atoms with Gasteiger partial charge in [-0.05, 0) is 34.4 Å². The second kappa shape index (κ2) is 11.4. The first-order chi connectivity index (χ1) is 17.7. The molecule has 1 aliphatic rings. The van der Waals surface area contributed by atoms with Crippen molar-refractivity contribution in [2.45, 2.75) is 12.1 Å². The molecular weight excluding hydrogens is 466 g/mol. The molecule has 1 heterocycles. The minimum Gasteiger partial charge on any atom is -0.327 e. The van der Waals surface area contributed by atoms with Crippen LogP contribution in [0.2, 0.25) is 5.02 Å². The molecule has 1 unspecified atom stereocenters. The fourth-order valence-electron chi connectivity index (χ4n) is 4.97. The van der Waals surface area contributed by atoms with E-state index in [0.717, 1.165) is 29.2 Å². The predicted octanol–water partition coefficient (Wildman–Crippen LogP) is 6.55. The Morgan fingerprint density at radius 1 is 0.639 bits per heavy atom. The van der Waals surface area contributed by atoms with E-state index in [4.69, 9.17) is 11.6 Å². The van der Waals surface area contributed by atoms with Crippen molar-refractivity contribution in [1.29, 1.82) is 0 Å². The zero-order chi connectivity index (χ0) is 24.7. The zero-order valence-corrected chi connectivity index (χ0v) is 20.9. The number of benzene rings is 4. The van der Waals surface area contributed by atoms with E-state index in [1.165, 1.54) is 11.1 Å². The van der Waals surface area contributed by atoms with E-state index in [0.29, 0.717) is 13.1 Å². The van der Waals surface area contributed by atoms with Crippen molar-refractivity contribution < 1.29 is 4.79 Å². The molecule has 1 fully saturated rings. The van der Waals surface area contributed by atoms with E-state index in [2.05, 4.69) is 64.8 Å². The molecule has 0 saturated carbocycles. The van der Waals surface area contributed by atoms with Gasteiger partial charge < -0.3 is 10.2 Å². The Balaban J connectivity index is 1.31. The van der Waals surface area contributed by atoms with Crippen LogP contribution in [0.1, 0.15) is 34.3 Å². The highest BCUT2D eigenvalue weighted by molar-refractivity contribution is 6.30. The number of hydrogen-bond acceptors (Lipinski definition) is 2. The quantitative estimate of drug-likeness (QED) is 0.329. The molecule has 0 aromatic heterocycles. The van der Waals surface area contributed by atoms with Crippen molar-refractivity contribution in [2.24, 2.45) is 0 Å². The molecule has 2 amide bonds. The maximum absolute atomic E-state index is 13.4. The van der Waals surface area contributed by atoms with Crippen molar-refractivity contribution in [3.05, 3.63) is 143 Å². The van der Waals surface area contributed by atoms with Gasteiger partial charge in [-0.25, -0.2) is 4.79 Å². The third-order valence-electron chi connectivity index (χ3n) is 6.78. The Hall–Kier alpha value is -3.60. The Kier molecular flexibility index (Phi) is 7.65. The Morgan fingerprint density at radius 2 is 1.14 bits per heavy atom. The van der Waals surface area contributed by atoms with Gasteiger partial charge in [0.15, 0.2) is 0 Å². The fraction of sp³-hybridized carbons (Fsp3) is 0.194. The van der Waals surface area contributed by atoms with E-state index in [1.54, 1.807) is 0 Å². The second-order valence-corrected chi connectivity index (χ2v) is 9.53. The first-order valence-corrected chi connectivity index (χ1v) is 12.8. The van der Waals surface area contributed by atoms with Gasteiger partial charge in [-0.15, -0.1) is 0 Å². The Morgan fingerprint density at radius 3 is 1.67 bits per heavy atom. The average molecular weight is 496 g/mol. The third-order valence-corrected chi connectivity index (χ3v) is 7.02. The lowest BCUT2D eigenvalue weighted by Crippen LogP contribution is -2.53. The third kappa shape index (κ3) is 5.62. The van der Waals surface area contributed by atoms with Crippen LogP contribution in [0.4, 0.5) is 4.79 Å². The molecule has 4 aromatic rings. The summed E-state index contributed by atoms with van der Waals surface area (Å²) in [5.74, 6) is 0. The number of rotatable bonds is 6. The van der Waals surface area contributed by atoms with E-state index in [1.807, 2.05) is 65.6 Å². The molecule has 0 radical (unpaired) electrons. The number of nitrogens with one attached hydrogen (secondary N) is 1. The molecule has 4 nitrogen and oxygen atoms in total. The summed E-state index contributed by atoms with van der Waals surface area (Å²) in [6, 6.07) is 38.7. The highest BCUT2D eigenvalue weighted by atomic mass is 35.5. The fourth-order valence-corrected chi connectivity index (χ4v) is 5.17. The largest absolute Gasteiger partial charge is 0.327 e. The highest BCUT2D eigenvalue weighted by Gasteiger charge is 2.29. The highest BCUT2D eigenvalue weighted by Crippen LogP contribution is 2.31. The molecule has 1 atom stereocenters. The molecule has 0 bridgehead atoms. The van der Waals surface area contributed by atoms with Crippen molar-refractivity contribution >= 4 is 17.6 Å². The average Bonchev–Trinajstić information content (AvgIpc) is 2.94. The van der Waals surface area contributed by atoms with Crippen LogP contribution in [0, 0.1) is 0 Å². The van der Waals surface area contributed by atoms with Gasteiger partial charge in [-0.2, -0.15) is 0 Å². The van der Waals surface area contributed by atoms with E-state index in [9.17, 15) is 4.79 Å². The van der Waals surface area contributed by atoms with Crippen LogP contribution in [0.3, 0.4) is 0 Å². The molecule has 182 valence electrons. The standard InChI is InChI=1S/C31H30ClN3O/c32-28-18-10-17-27(23-28)30(26-15-8-3-9-16-26)34-19-21-35(22-20-34)31(36)33-29(24-11-4-1-5-12-24)25-13-6-2-7-14-25/h1-18,23,29-30H,19-22H2,(H,33,36). The molecule has 1 aliphatic heterocycles. The van der Waals surface area contributed by atoms with Crippen molar-refractivity contribution in [1.82, 2.24) is 15.1 Å². The van der Waals surface area contributed by atoms with Gasteiger partial charge in [0.1, 0.15) is 0 Å². The van der Waals surface area contributed by atoms with Crippen LogP contribution >= 0.6 is 11.6 Å². The minimum atomic E-state index is -0.193. The van der Waals surface area contributed by atoms with Gasteiger partial charge in [0.2, 0.25) is 0 Å². The molecule has 5 rings (SSSR count). The maximum atomic E-state index is 13.4. The normalized spacial score (nSPS) is 15.0. The lowest BCUT2D eigenvalue weighted by Gasteiger charge is -2.40. The number of carbonyl (C=O) groups excluding carboxylic acids is 1. The van der Waals surface area contributed by atoms with Crippen LogP contribution in [0.15, 0.2) is 115 Å². The summed E-state index contributed by atoms with van der Waals surface area (Å²) in [5, 5.41) is 4.02. The predicted molar refractivity (Wildman–Crippen MR) is 146 cm³/mol. The molecule has 0 spiro atoms. The maximum Gasteiger partial charge on any atom is 0.318 e. The van der Waals surface area contributed by atoms with E-state index in [-0.39, 0.29) is 18.1 Å². The Bertz CT molecular complexity index is 1220. The monoisotopic (exact) mass is 495 g/mol. The Labute approximate surface area is 218 Å². The van der Waals surface area contributed by atoms with Crippen LogP contribution in [0.5, 0.6) is 0 Å². The summed E-state index contributed by atoms with van der Waals surface area (Å²) in [6.07, 6.45) is 0. The van der Waals surface area contributed by atoms with Gasteiger partial charge in [0.25, 0.3) is 0 Å². The topological polar surface area (TPSA) is 35.6 Å². The van der Waals surface area contributed by atoms with Gasteiger partial charge in [-0.3, -0.25) is 4.90 Å². The first-order valence-electron chi connectivity index (χ1n) is 12.4. The van der Waals surface area contributed by atoms with Gasteiger partial charge in [-0.1, -0.05) is 115 Å².